The summed E-state index contributed by atoms with van der Waals surface area (Å²) in [7, 11) is 0. The molecule has 0 saturated heterocycles. The van der Waals surface area contributed by atoms with E-state index in [1.807, 2.05) is 30.3 Å². The van der Waals surface area contributed by atoms with Crippen molar-refractivity contribution in [3.05, 3.63) is 71.8 Å². The van der Waals surface area contributed by atoms with Gasteiger partial charge in [-0.1, -0.05) is 24.3 Å². The van der Waals surface area contributed by atoms with Gasteiger partial charge in [-0.3, -0.25) is 4.79 Å². The van der Waals surface area contributed by atoms with Crippen LogP contribution in [0.1, 0.15) is 40.6 Å². The van der Waals surface area contributed by atoms with Gasteiger partial charge in [-0.15, -0.1) is 0 Å². The molecule has 29 heavy (non-hydrogen) atoms. The predicted molar refractivity (Wildman–Crippen MR) is 98.7 cm³/mol. The third-order valence-corrected chi connectivity index (χ3v) is 4.78. The number of nitrogens with zero attached hydrogens (tertiary/aromatic N) is 3. The molecule has 9 heteroatoms. The van der Waals surface area contributed by atoms with Crippen molar-refractivity contribution in [2.75, 3.05) is 5.32 Å². The molecule has 0 bridgehead atoms. The molecule has 150 valence electrons. The number of benzene rings is 1. The lowest BCUT2D eigenvalue weighted by molar-refractivity contribution is -0.141. The molecule has 2 aromatic heterocycles. The Morgan fingerprint density at radius 1 is 1.10 bits per heavy atom. The number of halogens is 3. The zero-order chi connectivity index (χ0) is 20.6. The summed E-state index contributed by atoms with van der Waals surface area (Å²) in [4.78, 5) is 16.0. The number of carbonyl (C=O) groups excluding carboxylic acids is 1. The fourth-order valence-corrected chi connectivity index (χ4v) is 3.21. The van der Waals surface area contributed by atoms with E-state index >= 15 is 0 Å². The summed E-state index contributed by atoms with van der Waals surface area (Å²) in [5, 5.41) is 16.8. The highest BCUT2D eigenvalue weighted by Gasteiger charge is 2.34. The van der Waals surface area contributed by atoms with Gasteiger partial charge in [0.05, 0.1) is 29.4 Å². The van der Waals surface area contributed by atoms with Crippen LogP contribution in [-0.4, -0.2) is 31.9 Å². The summed E-state index contributed by atoms with van der Waals surface area (Å²) in [5.74, 6) is -0.801. The molecule has 1 saturated carbocycles. The van der Waals surface area contributed by atoms with E-state index in [1.165, 1.54) is 6.07 Å². The van der Waals surface area contributed by atoms with Gasteiger partial charge in [-0.25, -0.2) is 9.67 Å². The number of nitrogens with one attached hydrogen (secondary N) is 1. The van der Waals surface area contributed by atoms with E-state index in [0.717, 1.165) is 17.8 Å². The van der Waals surface area contributed by atoms with Crippen LogP contribution in [0.5, 0.6) is 0 Å². The van der Waals surface area contributed by atoms with Crippen LogP contribution in [0.4, 0.5) is 18.9 Å². The molecule has 1 amide bonds. The molecule has 1 aliphatic carbocycles. The van der Waals surface area contributed by atoms with Gasteiger partial charge in [0, 0.05) is 5.92 Å². The minimum Gasteiger partial charge on any atom is -0.393 e. The van der Waals surface area contributed by atoms with Crippen LogP contribution in [-0.2, 0) is 6.18 Å². The third kappa shape index (κ3) is 4.00. The number of anilines is 1. The molecule has 4 rings (SSSR count). The van der Waals surface area contributed by atoms with Gasteiger partial charge in [0.15, 0.2) is 0 Å². The lowest BCUT2D eigenvalue weighted by atomic mass is 9.80. The number of hydrogen-bond donors (Lipinski definition) is 2. The predicted octanol–water partition coefficient (Wildman–Crippen LogP) is 3.78. The average Bonchev–Trinajstić information content (AvgIpc) is 3.09. The van der Waals surface area contributed by atoms with E-state index in [2.05, 4.69) is 15.4 Å². The zero-order valence-electron chi connectivity index (χ0n) is 15.1. The van der Waals surface area contributed by atoms with Crippen molar-refractivity contribution in [1.29, 1.82) is 0 Å². The first-order valence-corrected chi connectivity index (χ1v) is 9.00. The summed E-state index contributed by atoms with van der Waals surface area (Å²) in [6, 6.07) is 12.4. The number of aliphatic hydroxyl groups is 1. The minimum atomic E-state index is -4.64. The molecule has 0 aliphatic heterocycles. The number of aliphatic hydroxyl groups excluding tert-OH is 1. The first-order chi connectivity index (χ1) is 13.8. The molecule has 1 aliphatic rings. The van der Waals surface area contributed by atoms with Gasteiger partial charge >= 0.3 is 6.18 Å². The maximum atomic E-state index is 12.9. The molecule has 1 aromatic carbocycles. The van der Waals surface area contributed by atoms with E-state index in [9.17, 15) is 23.1 Å². The molecule has 2 N–H and O–H groups in total. The van der Waals surface area contributed by atoms with Crippen LogP contribution in [0.2, 0.25) is 0 Å². The van der Waals surface area contributed by atoms with Crippen molar-refractivity contribution in [2.45, 2.75) is 31.0 Å². The number of rotatable bonds is 4. The quantitative estimate of drug-likeness (QED) is 0.696. The summed E-state index contributed by atoms with van der Waals surface area (Å²) >= 11 is 0. The molecule has 6 nitrogen and oxygen atoms in total. The summed E-state index contributed by atoms with van der Waals surface area (Å²) in [6.45, 7) is 0. The van der Waals surface area contributed by atoms with Gasteiger partial charge in [0.25, 0.3) is 5.91 Å². The molecule has 0 atom stereocenters. The smallest absolute Gasteiger partial charge is 0.393 e. The molecule has 1 fully saturated rings. The Morgan fingerprint density at radius 3 is 2.48 bits per heavy atom. The van der Waals surface area contributed by atoms with Crippen LogP contribution >= 0.6 is 0 Å². The number of alkyl halides is 3. The Kier molecular flexibility index (Phi) is 4.83. The van der Waals surface area contributed by atoms with Gasteiger partial charge in [0.1, 0.15) is 11.4 Å². The Morgan fingerprint density at radius 2 is 1.83 bits per heavy atom. The van der Waals surface area contributed by atoms with Gasteiger partial charge in [0.2, 0.25) is 0 Å². The fourth-order valence-electron chi connectivity index (χ4n) is 3.21. The first kappa shape index (κ1) is 19.1. The lowest BCUT2D eigenvalue weighted by Gasteiger charge is -2.30. The van der Waals surface area contributed by atoms with E-state index in [-0.39, 0.29) is 11.6 Å². The van der Waals surface area contributed by atoms with Crippen molar-refractivity contribution in [3.8, 4) is 5.69 Å². The Hall–Kier alpha value is -3.20. The van der Waals surface area contributed by atoms with Crippen LogP contribution in [0.25, 0.3) is 5.69 Å². The second-order valence-electron chi connectivity index (χ2n) is 6.89. The maximum absolute atomic E-state index is 12.9. The first-order valence-electron chi connectivity index (χ1n) is 9.00. The second-order valence-corrected chi connectivity index (χ2v) is 6.89. The molecule has 0 spiro atoms. The van der Waals surface area contributed by atoms with Crippen LogP contribution in [0.15, 0.2) is 54.7 Å². The molecule has 0 radical (unpaired) electrons. The number of pyridine rings is 1. The average molecular weight is 402 g/mol. The van der Waals surface area contributed by atoms with Crippen molar-refractivity contribution < 1.29 is 23.1 Å². The van der Waals surface area contributed by atoms with E-state index in [4.69, 9.17) is 0 Å². The van der Waals surface area contributed by atoms with E-state index in [0.29, 0.717) is 24.2 Å². The van der Waals surface area contributed by atoms with Crippen LogP contribution in [0.3, 0.4) is 0 Å². The Bertz CT molecular complexity index is 1030. The highest BCUT2D eigenvalue weighted by atomic mass is 19.4. The summed E-state index contributed by atoms with van der Waals surface area (Å²) < 4.78 is 40.2. The zero-order valence-corrected chi connectivity index (χ0v) is 15.1. The minimum absolute atomic E-state index is 0.0419. The Balaban J connectivity index is 1.64. The highest BCUT2D eigenvalue weighted by Crippen LogP contribution is 2.39. The monoisotopic (exact) mass is 402 g/mol. The number of amides is 1. The topological polar surface area (TPSA) is 80.0 Å². The Labute approximate surface area is 164 Å². The van der Waals surface area contributed by atoms with Gasteiger partial charge in [-0.2, -0.15) is 18.3 Å². The van der Waals surface area contributed by atoms with Crippen molar-refractivity contribution in [3.63, 3.8) is 0 Å². The van der Waals surface area contributed by atoms with Crippen molar-refractivity contribution in [2.24, 2.45) is 0 Å². The van der Waals surface area contributed by atoms with Crippen molar-refractivity contribution in [1.82, 2.24) is 14.8 Å². The highest BCUT2D eigenvalue weighted by molar-refractivity contribution is 6.03. The van der Waals surface area contributed by atoms with E-state index in [1.54, 1.807) is 10.9 Å². The number of aromatic nitrogens is 3. The standard InChI is InChI=1S/C20H17F3N4O2/c21-20(22,23)17-8-4-7-15(24-17)19(29)25-16-11-27(13-5-2-1-3-6-13)26-18(16)12-9-14(28)10-12/h1-8,11-12,14,28H,9-10H2,(H,25,29). The molecule has 0 unspecified atom stereocenters. The van der Waals surface area contributed by atoms with Gasteiger partial charge < -0.3 is 10.4 Å². The fraction of sp³-hybridized carbons (Fsp3) is 0.250. The maximum Gasteiger partial charge on any atom is 0.433 e. The third-order valence-electron chi connectivity index (χ3n) is 4.78. The van der Waals surface area contributed by atoms with Gasteiger partial charge in [-0.05, 0) is 37.1 Å². The summed E-state index contributed by atoms with van der Waals surface area (Å²) in [6.07, 6.45) is -2.43. The second kappa shape index (κ2) is 7.32. The van der Waals surface area contributed by atoms with E-state index < -0.39 is 23.9 Å². The van der Waals surface area contributed by atoms with Crippen molar-refractivity contribution >= 4 is 11.6 Å². The number of para-hydroxylation sites is 1. The summed E-state index contributed by atoms with van der Waals surface area (Å²) in [5.41, 5.74) is 0.264. The molecule has 3 aromatic rings. The lowest BCUT2D eigenvalue weighted by Crippen LogP contribution is -2.28. The number of hydrogen-bond acceptors (Lipinski definition) is 4. The normalized spacial score (nSPS) is 18.9. The van der Waals surface area contributed by atoms with Crippen LogP contribution in [0, 0.1) is 0 Å². The SMILES string of the molecule is O=C(Nc1cn(-c2ccccc2)nc1C1CC(O)C1)c1cccc(C(F)(F)F)n1. The van der Waals surface area contributed by atoms with Crippen LogP contribution < -0.4 is 5.32 Å². The number of carbonyl (C=O) groups is 1. The largest absolute Gasteiger partial charge is 0.433 e. The molecular formula is C20H17F3N4O2. The molecule has 2 heterocycles. The molecular weight excluding hydrogens is 385 g/mol.